The SMILES string of the molecule is CNc1cnc2ccccc2c1N1C(=O)N(c2ccc(S(=O)(=O)C(F)(F)F)cc2)C(=O)C12CC2C. The largest absolute Gasteiger partial charge is 0.501 e. The summed E-state index contributed by atoms with van der Waals surface area (Å²) in [7, 11) is -3.90. The van der Waals surface area contributed by atoms with Gasteiger partial charge in [0, 0.05) is 12.4 Å². The molecule has 2 fully saturated rings. The summed E-state index contributed by atoms with van der Waals surface area (Å²) in [5, 5.41) is 3.66. The molecule has 1 N–H and O–H groups in total. The molecule has 35 heavy (non-hydrogen) atoms. The molecule has 2 atom stereocenters. The molecule has 5 rings (SSSR count). The van der Waals surface area contributed by atoms with Gasteiger partial charge in [0.15, 0.2) is 0 Å². The second kappa shape index (κ2) is 7.41. The topological polar surface area (TPSA) is 99.7 Å². The fourth-order valence-corrected chi connectivity index (χ4v) is 5.41. The first kappa shape index (κ1) is 23.1. The molecule has 1 saturated heterocycles. The lowest BCUT2D eigenvalue weighted by Gasteiger charge is -2.26. The molecule has 3 aromatic rings. The minimum Gasteiger partial charge on any atom is -0.385 e. The van der Waals surface area contributed by atoms with Gasteiger partial charge in [-0.1, -0.05) is 25.1 Å². The lowest BCUT2D eigenvalue weighted by atomic mass is 10.1. The van der Waals surface area contributed by atoms with Crippen LogP contribution >= 0.6 is 0 Å². The maximum absolute atomic E-state index is 13.8. The highest BCUT2D eigenvalue weighted by Crippen LogP contribution is 2.57. The van der Waals surface area contributed by atoms with Crippen LogP contribution in [0.4, 0.5) is 35.0 Å². The van der Waals surface area contributed by atoms with Crippen LogP contribution in [0.15, 0.2) is 59.6 Å². The van der Waals surface area contributed by atoms with E-state index < -0.39 is 37.7 Å². The Bertz CT molecular complexity index is 1490. The molecule has 1 saturated carbocycles. The molecular weight excluding hydrogens is 485 g/mol. The van der Waals surface area contributed by atoms with Gasteiger partial charge in [0.1, 0.15) is 5.54 Å². The number of aromatic nitrogens is 1. The number of pyridine rings is 1. The number of hydrogen-bond donors (Lipinski definition) is 1. The average molecular weight is 504 g/mol. The fraction of sp³-hybridized carbons (Fsp3) is 0.261. The van der Waals surface area contributed by atoms with E-state index in [-0.39, 0.29) is 11.6 Å². The third-order valence-corrected chi connectivity index (χ3v) is 8.08. The molecule has 2 unspecified atom stereocenters. The molecular formula is C23H19F3N4O4S. The Kier molecular flexibility index (Phi) is 4.89. The van der Waals surface area contributed by atoms with Crippen molar-refractivity contribution in [2.24, 2.45) is 5.92 Å². The number of fused-ring (bicyclic) bond motifs is 1. The highest BCUT2D eigenvalue weighted by atomic mass is 32.2. The van der Waals surface area contributed by atoms with Crippen molar-refractivity contribution in [1.29, 1.82) is 0 Å². The number of rotatable bonds is 4. The number of urea groups is 1. The first-order valence-electron chi connectivity index (χ1n) is 10.6. The Morgan fingerprint density at radius 3 is 2.29 bits per heavy atom. The third kappa shape index (κ3) is 3.12. The van der Waals surface area contributed by atoms with E-state index in [1.807, 2.05) is 6.92 Å². The zero-order chi connectivity index (χ0) is 25.3. The van der Waals surface area contributed by atoms with Crippen LogP contribution in [0.25, 0.3) is 10.9 Å². The van der Waals surface area contributed by atoms with E-state index in [1.54, 1.807) is 37.5 Å². The number of imide groups is 1. The van der Waals surface area contributed by atoms with Crippen molar-refractivity contribution >= 4 is 49.7 Å². The number of halogens is 3. The summed E-state index contributed by atoms with van der Waals surface area (Å²) in [5.74, 6) is -0.699. The summed E-state index contributed by atoms with van der Waals surface area (Å²) >= 11 is 0. The maximum atomic E-state index is 13.8. The first-order chi connectivity index (χ1) is 16.4. The van der Waals surface area contributed by atoms with E-state index in [9.17, 15) is 31.2 Å². The molecule has 1 aliphatic heterocycles. The van der Waals surface area contributed by atoms with Gasteiger partial charge >= 0.3 is 11.5 Å². The number of para-hydroxylation sites is 1. The smallest absolute Gasteiger partial charge is 0.385 e. The van der Waals surface area contributed by atoms with Crippen molar-refractivity contribution in [3.8, 4) is 0 Å². The molecule has 1 aliphatic carbocycles. The minimum atomic E-state index is -5.56. The molecule has 2 aromatic carbocycles. The minimum absolute atomic E-state index is 0.0218. The number of alkyl halides is 3. The Balaban J connectivity index is 1.63. The van der Waals surface area contributed by atoms with Gasteiger partial charge in [-0.25, -0.2) is 18.1 Å². The number of nitrogens with one attached hydrogen (secondary N) is 1. The predicted octanol–water partition coefficient (Wildman–Crippen LogP) is 4.32. The molecule has 0 radical (unpaired) electrons. The summed E-state index contributed by atoms with van der Waals surface area (Å²) in [5.41, 5.74) is -5.04. The Labute approximate surface area is 198 Å². The monoisotopic (exact) mass is 504 g/mol. The average Bonchev–Trinajstić information content (AvgIpc) is 3.44. The second-order valence-electron chi connectivity index (χ2n) is 8.52. The zero-order valence-corrected chi connectivity index (χ0v) is 19.3. The van der Waals surface area contributed by atoms with E-state index in [1.165, 1.54) is 4.90 Å². The molecule has 0 bridgehead atoms. The van der Waals surface area contributed by atoms with Gasteiger partial charge in [0.05, 0.1) is 33.7 Å². The summed E-state index contributed by atoms with van der Waals surface area (Å²) < 4.78 is 62.2. The lowest BCUT2D eigenvalue weighted by molar-refractivity contribution is -0.119. The maximum Gasteiger partial charge on any atom is 0.501 e. The number of nitrogens with zero attached hydrogens (tertiary/aromatic N) is 3. The van der Waals surface area contributed by atoms with Crippen molar-refractivity contribution in [2.75, 3.05) is 22.2 Å². The van der Waals surface area contributed by atoms with Crippen LogP contribution in [-0.4, -0.2) is 43.4 Å². The van der Waals surface area contributed by atoms with Crippen molar-refractivity contribution in [1.82, 2.24) is 4.98 Å². The first-order valence-corrected chi connectivity index (χ1v) is 12.1. The van der Waals surface area contributed by atoms with Gasteiger partial charge in [-0.2, -0.15) is 13.2 Å². The van der Waals surface area contributed by atoms with Crippen molar-refractivity contribution in [3.63, 3.8) is 0 Å². The van der Waals surface area contributed by atoms with E-state index in [0.717, 1.165) is 29.2 Å². The standard InChI is InChI=1S/C23H19F3N4O4S/c1-13-11-22(13)20(31)29(14-7-9-15(10-8-14)35(33,34)23(24,25)26)21(32)30(22)19-16-5-3-4-6-17(16)28-12-18(19)27-2/h3-10,12-13,27H,11H2,1-2H3. The number of amides is 3. The van der Waals surface area contributed by atoms with Gasteiger partial charge in [-0.3, -0.25) is 14.7 Å². The molecule has 12 heteroatoms. The lowest BCUT2D eigenvalue weighted by Crippen LogP contribution is -2.39. The summed E-state index contributed by atoms with van der Waals surface area (Å²) in [6, 6.07) is 10.0. The van der Waals surface area contributed by atoms with Gasteiger partial charge < -0.3 is 5.32 Å². The quantitative estimate of drug-likeness (QED) is 0.532. The molecule has 182 valence electrons. The van der Waals surface area contributed by atoms with Crippen LogP contribution in [0.2, 0.25) is 0 Å². The van der Waals surface area contributed by atoms with E-state index >= 15 is 0 Å². The molecule has 1 spiro atoms. The van der Waals surface area contributed by atoms with E-state index in [4.69, 9.17) is 0 Å². The summed E-state index contributed by atoms with van der Waals surface area (Å²) in [4.78, 5) is 33.1. The molecule has 2 heterocycles. The Morgan fingerprint density at radius 1 is 1.09 bits per heavy atom. The number of carbonyl (C=O) groups is 2. The van der Waals surface area contributed by atoms with Crippen LogP contribution in [0, 0.1) is 5.92 Å². The molecule has 8 nitrogen and oxygen atoms in total. The number of hydrogen-bond acceptors (Lipinski definition) is 6. The van der Waals surface area contributed by atoms with Gasteiger partial charge in [-0.05, 0) is 42.7 Å². The third-order valence-electron chi connectivity index (χ3n) is 6.58. The molecule has 3 amide bonds. The van der Waals surface area contributed by atoms with Crippen LogP contribution in [0.1, 0.15) is 13.3 Å². The van der Waals surface area contributed by atoms with Crippen molar-refractivity contribution < 1.29 is 31.2 Å². The van der Waals surface area contributed by atoms with Gasteiger partial charge in [0.2, 0.25) is 0 Å². The number of carbonyl (C=O) groups excluding carboxylic acids is 2. The van der Waals surface area contributed by atoms with Crippen molar-refractivity contribution in [3.05, 3.63) is 54.7 Å². The highest BCUT2D eigenvalue weighted by Gasteiger charge is 2.71. The highest BCUT2D eigenvalue weighted by molar-refractivity contribution is 7.92. The number of anilines is 3. The van der Waals surface area contributed by atoms with E-state index in [0.29, 0.717) is 28.7 Å². The Morgan fingerprint density at radius 2 is 1.71 bits per heavy atom. The van der Waals surface area contributed by atoms with Crippen LogP contribution in [0.5, 0.6) is 0 Å². The van der Waals surface area contributed by atoms with Crippen LogP contribution in [0.3, 0.4) is 0 Å². The van der Waals surface area contributed by atoms with Crippen LogP contribution < -0.4 is 15.1 Å². The predicted molar refractivity (Wildman–Crippen MR) is 123 cm³/mol. The van der Waals surface area contributed by atoms with Crippen LogP contribution in [-0.2, 0) is 14.6 Å². The normalized spacial score (nSPS) is 22.4. The number of benzene rings is 2. The van der Waals surface area contributed by atoms with Crippen molar-refractivity contribution in [2.45, 2.75) is 29.3 Å². The fourth-order valence-electron chi connectivity index (χ4n) is 4.65. The van der Waals surface area contributed by atoms with Gasteiger partial charge in [0.25, 0.3) is 15.7 Å². The summed E-state index contributed by atoms with van der Waals surface area (Å²) in [6.07, 6.45) is 1.96. The van der Waals surface area contributed by atoms with E-state index in [2.05, 4.69) is 10.3 Å². The molecule has 2 aliphatic rings. The second-order valence-corrected chi connectivity index (χ2v) is 10.5. The zero-order valence-electron chi connectivity index (χ0n) is 18.5. The van der Waals surface area contributed by atoms with Gasteiger partial charge in [-0.15, -0.1) is 0 Å². The molecule has 1 aromatic heterocycles. The number of sulfone groups is 1. The Hall–Kier alpha value is -3.67. The summed E-state index contributed by atoms with van der Waals surface area (Å²) in [6.45, 7) is 1.84.